The predicted octanol–water partition coefficient (Wildman–Crippen LogP) is 5.01. The Morgan fingerprint density at radius 2 is 1.77 bits per heavy atom. The van der Waals surface area contributed by atoms with Gasteiger partial charge in [0.05, 0.1) is 5.39 Å². The average molecular weight is 368 g/mol. The van der Waals surface area contributed by atoms with E-state index in [0.29, 0.717) is 28.0 Å². The van der Waals surface area contributed by atoms with Crippen LogP contribution in [0.4, 0.5) is 11.5 Å². The number of fused-ring (bicyclic) bond motifs is 1. The molecule has 0 atom stereocenters. The summed E-state index contributed by atoms with van der Waals surface area (Å²) in [7, 11) is 0. The molecule has 2 heterocycles. The number of nitrogens with zero attached hydrogens (tertiary/aromatic N) is 2. The summed E-state index contributed by atoms with van der Waals surface area (Å²) in [6.07, 6.45) is 1.40. The van der Waals surface area contributed by atoms with Gasteiger partial charge in [0.1, 0.15) is 17.9 Å². The van der Waals surface area contributed by atoms with Gasteiger partial charge in [-0.15, -0.1) is 0 Å². The topological polar surface area (TPSA) is 91.4 Å². The van der Waals surface area contributed by atoms with Gasteiger partial charge in [0.2, 0.25) is 5.71 Å². The lowest BCUT2D eigenvalue weighted by molar-refractivity contribution is 0.404. The van der Waals surface area contributed by atoms with Gasteiger partial charge >= 0.3 is 0 Å². The number of rotatable bonds is 3. The summed E-state index contributed by atoms with van der Waals surface area (Å²) in [6.45, 7) is 1.93. The van der Waals surface area contributed by atoms with Crippen LogP contribution in [0, 0.1) is 6.92 Å². The molecule has 3 N–H and O–H groups in total. The van der Waals surface area contributed by atoms with Crippen molar-refractivity contribution in [1.82, 2.24) is 9.97 Å². The maximum atomic E-state index is 9.67. The highest BCUT2D eigenvalue weighted by atomic mass is 35.5. The number of halogens is 1. The fraction of sp³-hybridized carbons (Fsp3) is 0.0526. The minimum atomic E-state index is -0.217. The van der Waals surface area contributed by atoms with E-state index in [4.69, 9.17) is 16.0 Å². The molecule has 0 aliphatic rings. The van der Waals surface area contributed by atoms with E-state index >= 15 is 0 Å². The summed E-state index contributed by atoms with van der Waals surface area (Å²) >= 11 is 5.96. The van der Waals surface area contributed by atoms with Gasteiger partial charge in [-0.2, -0.15) is 0 Å². The van der Waals surface area contributed by atoms with E-state index in [1.807, 2.05) is 19.1 Å². The van der Waals surface area contributed by atoms with Crippen molar-refractivity contribution < 1.29 is 14.6 Å². The molecule has 0 aliphatic carbocycles. The Kier molecular flexibility index (Phi) is 3.89. The van der Waals surface area contributed by atoms with Crippen LogP contribution in [0.2, 0.25) is 5.02 Å². The first kappa shape index (κ1) is 16.2. The Morgan fingerprint density at radius 1 is 1.00 bits per heavy atom. The number of aryl methyl sites for hydroxylation is 1. The van der Waals surface area contributed by atoms with E-state index in [0.717, 1.165) is 16.5 Å². The summed E-state index contributed by atoms with van der Waals surface area (Å²) in [4.78, 5) is 8.50. The van der Waals surface area contributed by atoms with Crippen molar-refractivity contribution in [1.29, 1.82) is 0 Å². The Bertz CT molecular complexity index is 1110. The summed E-state index contributed by atoms with van der Waals surface area (Å²) in [5, 5.41) is 23.6. The highest BCUT2D eigenvalue weighted by Gasteiger charge is 2.18. The first-order valence-electron chi connectivity index (χ1n) is 7.82. The number of nitrogens with one attached hydrogen (secondary N) is 1. The molecular formula is C19H14ClN3O3. The van der Waals surface area contributed by atoms with Crippen LogP contribution < -0.4 is 5.32 Å². The number of aromatic nitrogens is 2. The van der Waals surface area contributed by atoms with Crippen LogP contribution in [0.15, 0.2) is 53.2 Å². The lowest BCUT2D eigenvalue weighted by atomic mass is 10.1. The molecule has 0 aliphatic heterocycles. The Hall–Kier alpha value is -3.25. The highest BCUT2D eigenvalue weighted by molar-refractivity contribution is 6.30. The number of aromatic hydroxyl groups is 2. The van der Waals surface area contributed by atoms with Crippen molar-refractivity contribution in [3.05, 3.63) is 59.4 Å². The average Bonchev–Trinajstić information content (AvgIpc) is 2.97. The maximum absolute atomic E-state index is 9.67. The Labute approximate surface area is 153 Å². The fourth-order valence-electron chi connectivity index (χ4n) is 2.78. The number of benzene rings is 2. The third kappa shape index (κ3) is 2.80. The Morgan fingerprint density at radius 3 is 2.50 bits per heavy atom. The zero-order valence-electron chi connectivity index (χ0n) is 13.7. The number of furan rings is 1. The lowest BCUT2D eigenvalue weighted by Gasteiger charge is -2.07. The van der Waals surface area contributed by atoms with Crippen molar-refractivity contribution in [2.24, 2.45) is 0 Å². The normalized spacial score (nSPS) is 11.0. The molecule has 4 aromatic rings. The standard InChI is InChI=1S/C19H14ClN3O3/c1-10-16-18(23-13-6-7-14(24)15(25)8-13)21-9-22-19(16)26-17(10)11-2-4-12(20)5-3-11/h2-9,24-25H,1H3,(H,21,22,23). The molecule has 0 spiro atoms. The quantitative estimate of drug-likeness (QED) is 0.348. The summed E-state index contributed by atoms with van der Waals surface area (Å²) in [5.41, 5.74) is 2.80. The van der Waals surface area contributed by atoms with Gasteiger partial charge in [-0.1, -0.05) is 11.6 Å². The van der Waals surface area contributed by atoms with Crippen molar-refractivity contribution in [3.63, 3.8) is 0 Å². The minimum absolute atomic E-state index is 0.187. The highest BCUT2D eigenvalue weighted by Crippen LogP contribution is 2.37. The summed E-state index contributed by atoms with van der Waals surface area (Å²) in [5.74, 6) is 0.828. The third-order valence-electron chi connectivity index (χ3n) is 4.07. The second-order valence-electron chi connectivity index (χ2n) is 5.79. The van der Waals surface area contributed by atoms with Crippen molar-refractivity contribution in [2.75, 3.05) is 5.32 Å². The van der Waals surface area contributed by atoms with Crippen LogP contribution in [0.1, 0.15) is 5.56 Å². The molecule has 0 amide bonds. The molecule has 26 heavy (non-hydrogen) atoms. The van der Waals surface area contributed by atoms with Crippen molar-refractivity contribution >= 4 is 34.2 Å². The number of phenols is 2. The van der Waals surface area contributed by atoms with Crippen LogP contribution in [-0.4, -0.2) is 20.2 Å². The molecule has 2 aromatic carbocycles. The lowest BCUT2D eigenvalue weighted by Crippen LogP contribution is -1.95. The van der Waals surface area contributed by atoms with Crippen LogP contribution >= 0.6 is 11.6 Å². The van der Waals surface area contributed by atoms with E-state index in [1.54, 1.807) is 18.2 Å². The van der Waals surface area contributed by atoms with Gasteiger partial charge in [-0.05, 0) is 43.3 Å². The number of hydrogen-bond acceptors (Lipinski definition) is 6. The van der Waals surface area contributed by atoms with Crippen molar-refractivity contribution in [3.8, 4) is 22.8 Å². The molecule has 0 unspecified atom stereocenters. The van der Waals surface area contributed by atoms with Gasteiger partial charge < -0.3 is 19.9 Å². The minimum Gasteiger partial charge on any atom is -0.504 e. The van der Waals surface area contributed by atoms with Crippen LogP contribution in [0.3, 0.4) is 0 Å². The second kappa shape index (κ2) is 6.24. The van der Waals surface area contributed by atoms with Gasteiger partial charge in [0.25, 0.3) is 0 Å². The summed E-state index contributed by atoms with van der Waals surface area (Å²) in [6, 6.07) is 11.8. The Balaban J connectivity index is 1.81. The molecule has 0 fully saturated rings. The fourth-order valence-corrected chi connectivity index (χ4v) is 2.91. The van der Waals surface area contributed by atoms with E-state index in [1.165, 1.54) is 18.5 Å². The largest absolute Gasteiger partial charge is 0.504 e. The van der Waals surface area contributed by atoms with Gasteiger partial charge in [-0.25, -0.2) is 9.97 Å². The van der Waals surface area contributed by atoms with E-state index < -0.39 is 0 Å². The first-order chi connectivity index (χ1) is 12.5. The van der Waals surface area contributed by atoms with Gasteiger partial charge in [-0.3, -0.25) is 0 Å². The van der Waals surface area contributed by atoms with Crippen LogP contribution in [0.25, 0.3) is 22.4 Å². The molecule has 7 heteroatoms. The molecule has 6 nitrogen and oxygen atoms in total. The molecule has 4 rings (SSSR count). The summed E-state index contributed by atoms with van der Waals surface area (Å²) < 4.78 is 5.92. The van der Waals surface area contributed by atoms with Crippen molar-refractivity contribution in [2.45, 2.75) is 6.92 Å². The zero-order chi connectivity index (χ0) is 18.3. The third-order valence-corrected chi connectivity index (χ3v) is 4.32. The van der Waals surface area contributed by atoms with Gasteiger partial charge in [0, 0.05) is 27.9 Å². The molecule has 0 saturated carbocycles. The van der Waals surface area contributed by atoms with E-state index in [9.17, 15) is 10.2 Å². The molecule has 0 bridgehead atoms. The van der Waals surface area contributed by atoms with Crippen LogP contribution in [-0.2, 0) is 0 Å². The molecule has 2 aromatic heterocycles. The first-order valence-corrected chi connectivity index (χ1v) is 8.20. The molecule has 130 valence electrons. The maximum Gasteiger partial charge on any atom is 0.232 e. The van der Waals surface area contributed by atoms with E-state index in [-0.39, 0.29) is 11.5 Å². The number of phenolic OH excluding ortho intramolecular Hbond substituents is 2. The smallest absolute Gasteiger partial charge is 0.232 e. The molecular weight excluding hydrogens is 354 g/mol. The number of hydrogen-bond donors (Lipinski definition) is 3. The van der Waals surface area contributed by atoms with Crippen LogP contribution in [0.5, 0.6) is 11.5 Å². The molecule has 0 saturated heterocycles. The second-order valence-corrected chi connectivity index (χ2v) is 6.23. The zero-order valence-corrected chi connectivity index (χ0v) is 14.4. The molecule has 0 radical (unpaired) electrons. The SMILES string of the molecule is Cc1c(-c2ccc(Cl)cc2)oc2ncnc(Nc3ccc(O)c(O)c3)c12. The number of anilines is 2. The predicted molar refractivity (Wildman–Crippen MR) is 100 cm³/mol. The van der Waals surface area contributed by atoms with Gasteiger partial charge in [0.15, 0.2) is 11.5 Å². The monoisotopic (exact) mass is 367 g/mol. The van der Waals surface area contributed by atoms with E-state index in [2.05, 4.69) is 15.3 Å².